The highest BCUT2D eigenvalue weighted by Crippen LogP contribution is 2.31. The Morgan fingerprint density at radius 1 is 1.45 bits per heavy atom. The molecule has 0 amide bonds. The van der Waals surface area contributed by atoms with Crippen LogP contribution < -0.4 is 5.32 Å². The van der Waals surface area contributed by atoms with Gasteiger partial charge in [0.2, 0.25) is 5.95 Å². The summed E-state index contributed by atoms with van der Waals surface area (Å²) in [5, 5.41) is 2.59. The number of aromatic nitrogens is 2. The van der Waals surface area contributed by atoms with Gasteiger partial charge in [-0.25, -0.2) is 14.8 Å². The van der Waals surface area contributed by atoms with Crippen molar-refractivity contribution in [1.82, 2.24) is 9.97 Å². The summed E-state index contributed by atoms with van der Waals surface area (Å²) in [7, 11) is 0. The summed E-state index contributed by atoms with van der Waals surface area (Å²) in [6, 6.07) is 3.29. The van der Waals surface area contributed by atoms with Crippen molar-refractivity contribution in [2.75, 3.05) is 11.9 Å². The quantitative estimate of drug-likeness (QED) is 0.855. The molecule has 2 aromatic rings. The molecule has 2 heterocycles. The van der Waals surface area contributed by atoms with Crippen LogP contribution in [-0.4, -0.2) is 22.5 Å². The Hall–Kier alpha value is -2.58. The van der Waals surface area contributed by atoms with Crippen LogP contribution in [0.4, 0.5) is 19.1 Å². The number of esters is 1. The lowest BCUT2D eigenvalue weighted by Gasteiger charge is -2.12. The predicted octanol–water partition coefficient (Wildman–Crippen LogP) is 2.88. The van der Waals surface area contributed by atoms with Crippen molar-refractivity contribution in [2.24, 2.45) is 0 Å². The highest BCUT2D eigenvalue weighted by atomic mass is 19.4. The van der Waals surface area contributed by atoms with Gasteiger partial charge in [-0.2, -0.15) is 13.2 Å². The Balaban J connectivity index is 2.25. The standard InChI is InChI=1S/C13H12F3N3O3/c1-2-21-11(20)9-7-18-12(19-10(9)13(14,15)16)17-6-8-4-3-5-22-8/h3-5,7H,2,6H2,1H3,(H,17,18,19). The summed E-state index contributed by atoms with van der Waals surface area (Å²) in [4.78, 5) is 18.6. The van der Waals surface area contributed by atoms with Crippen LogP contribution in [0.3, 0.4) is 0 Å². The zero-order valence-corrected chi connectivity index (χ0v) is 11.5. The first kappa shape index (κ1) is 15.8. The first-order valence-electron chi connectivity index (χ1n) is 6.29. The average molecular weight is 315 g/mol. The molecule has 2 aromatic heterocycles. The molecule has 6 nitrogen and oxygen atoms in total. The summed E-state index contributed by atoms with van der Waals surface area (Å²) in [5.74, 6) is -0.879. The summed E-state index contributed by atoms with van der Waals surface area (Å²) in [5.41, 5.74) is -2.07. The number of hydrogen-bond donors (Lipinski definition) is 1. The average Bonchev–Trinajstić information content (AvgIpc) is 2.97. The van der Waals surface area contributed by atoms with E-state index in [1.165, 1.54) is 13.2 Å². The minimum atomic E-state index is -4.80. The highest BCUT2D eigenvalue weighted by Gasteiger charge is 2.38. The van der Waals surface area contributed by atoms with Gasteiger partial charge in [-0.3, -0.25) is 0 Å². The minimum Gasteiger partial charge on any atom is -0.467 e. The largest absolute Gasteiger partial charge is 0.467 e. The molecule has 0 aliphatic rings. The van der Waals surface area contributed by atoms with E-state index in [1.807, 2.05) is 0 Å². The van der Waals surface area contributed by atoms with Crippen molar-refractivity contribution in [1.29, 1.82) is 0 Å². The lowest BCUT2D eigenvalue weighted by Crippen LogP contribution is -2.19. The first-order chi connectivity index (χ1) is 10.4. The summed E-state index contributed by atoms with van der Waals surface area (Å²) >= 11 is 0. The lowest BCUT2D eigenvalue weighted by molar-refractivity contribution is -0.141. The molecule has 0 radical (unpaired) electrons. The van der Waals surface area contributed by atoms with Crippen molar-refractivity contribution in [3.63, 3.8) is 0 Å². The Morgan fingerprint density at radius 2 is 2.23 bits per heavy atom. The molecule has 0 atom stereocenters. The Labute approximate surface area is 123 Å². The number of anilines is 1. The second kappa shape index (κ2) is 6.46. The Morgan fingerprint density at radius 3 is 2.82 bits per heavy atom. The normalized spacial score (nSPS) is 11.3. The molecule has 1 N–H and O–H groups in total. The number of carbonyl (C=O) groups is 1. The highest BCUT2D eigenvalue weighted by molar-refractivity contribution is 5.90. The van der Waals surface area contributed by atoms with E-state index < -0.39 is 23.4 Å². The molecule has 0 aliphatic heterocycles. The third-order valence-electron chi connectivity index (χ3n) is 2.55. The van der Waals surface area contributed by atoms with Crippen LogP contribution in [-0.2, 0) is 17.5 Å². The second-order valence-electron chi connectivity index (χ2n) is 4.11. The third-order valence-corrected chi connectivity index (χ3v) is 2.55. The predicted molar refractivity (Wildman–Crippen MR) is 69.0 cm³/mol. The lowest BCUT2D eigenvalue weighted by atomic mass is 10.2. The maximum absolute atomic E-state index is 13.0. The van der Waals surface area contributed by atoms with Gasteiger partial charge < -0.3 is 14.5 Å². The number of ether oxygens (including phenoxy) is 1. The number of nitrogens with zero attached hydrogens (tertiary/aromatic N) is 2. The van der Waals surface area contributed by atoms with Crippen LogP contribution in [0.25, 0.3) is 0 Å². The van der Waals surface area contributed by atoms with Crippen LogP contribution in [0.2, 0.25) is 0 Å². The zero-order valence-electron chi connectivity index (χ0n) is 11.5. The van der Waals surface area contributed by atoms with Crippen molar-refractivity contribution < 1.29 is 27.1 Å². The van der Waals surface area contributed by atoms with E-state index in [9.17, 15) is 18.0 Å². The van der Waals surface area contributed by atoms with Crippen LogP contribution in [0.5, 0.6) is 0 Å². The van der Waals surface area contributed by atoms with E-state index in [1.54, 1.807) is 12.1 Å². The Kier molecular flexibility index (Phi) is 4.64. The van der Waals surface area contributed by atoms with E-state index in [4.69, 9.17) is 4.42 Å². The topological polar surface area (TPSA) is 77.2 Å². The van der Waals surface area contributed by atoms with E-state index in [-0.39, 0.29) is 19.1 Å². The van der Waals surface area contributed by atoms with Gasteiger partial charge in [0.05, 0.1) is 19.4 Å². The zero-order chi connectivity index (χ0) is 16.2. The molecule has 0 aromatic carbocycles. The molecule has 0 bridgehead atoms. The van der Waals surface area contributed by atoms with Gasteiger partial charge in [0.15, 0.2) is 5.69 Å². The van der Waals surface area contributed by atoms with Crippen LogP contribution in [0, 0.1) is 0 Å². The fourth-order valence-corrected chi connectivity index (χ4v) is 1.62. The van der Waals surface area contributed by atoms with Crippen LogP contribution >= 0.6 is 0 Å². The van der Waals surface area contributed by atoms with E-state index in [0.717, 1.165) is 6.20 Å². The maximum atomic E-state index is 13.0. The van der Waals surface area contributed by atoms with Gasteiger partial charge in [0.1, 0.15) is 11.3 Å². The van der Waals surface area contributed by atoms with E-state index in [0.29, 0.717) is 5.76 Å². The molecule has 0 aliphatic carbocycles. The molecule has 22 heavy (non-hydrogen) atoms. The van der Waals surface area contributed by atoms with Crippen molar-refractivity contribution in [3.05, 3.63) is 41.6 Å². The number of furan rings is 1. The van der Waals surface area contributed by atoms with Crippen molar-refractivity contribution in [3.8, 4) is 0 Å². The smallest absolute Gasteiger partial charge is 0.434 e. The van der Waals surface area contributed by atoms with Crippen molar-refractivity contribution >= 4 is 11.9 Å². The summed E-state index contributed by atoms with van der Waals surface area (Å²) in [6.07, 6.45) is -2.58. The minimum absolute atomic E-state index is 0.0470. The molecule has 2 rings (SSSR count). The van der Waals surface area contributed by atoms with Crippen molar-refractivity contribution in [2.45, 2.75) is 19.6 Å². The van der Waals surface area contributed by atoms with E-state index in [2.05, 4.69) is 20.0 Å². The first-order valence-corrected chi connectivity index (χ1v) is 6.29. The fraction of sp³-hybridized carbons (Fsp3) is 0.308. The van der Waals surface area contributed by atoms with Gasteiger partial charge in [0, 0.05) is 6.20 Å². The molecule has 0 unspecified atom stereocenters. The van der Waals surface area contributed by atoms with Gasteiger partial charge in [-0.15, -0.1) is 0 Å². The number of carbonyl (C=O) groups excluding carboxylic acids is 1. The summed E-state index contributed by atoms with van der Waals surface area (Å²) in [6.45, 7) is 1.56. The number of halogens is 3. The number of alkyl halides is 3. The molecular formula is C13H12F3N3O3. The SMILES string of the molecule is CCOC(=O)c1cnc(NCc2ccco2)nc1C(F)(F)F. The molecule has 0 fully saturated rings. The molecular weight excluding hydrogens is 303 g/mol. The maximum Gasteiger partial charge on any atom is 0.434 e. The number of nitrogens with one attached hydrogen (secondary N) is 1. The Bertz CT molecular complexity index is 642. The number of rotatable bonds is 5. The van der Waals surface area contributed by atoms with Gasteiger partial charge in [-0.05, 0) is 19.1 Å². The van der Waals surface area contributed by atoms with Crippen LogP contribution in [0.15, 0.2) is 29.0 Å². The number of hydrogen-bond acceptors (Lipinski definition) is 6. The summed E-state index contributed by atoms with van der Waals surface area (Å²) < 4.78 is 48.6. The van der Waals surface area contributed by atoms with Gasteiger partial charge in [0.25, 0.3) is 0 Å². The van der Waals surface area contributed by atoms with Crippen LogP contribution in [0.1, 0.15) is 28.7 Å². The third kappa shape index (κ3) is 3.74. The monoisotopic (exact) mass is 315 g/mol. The molecule has 118 valence electrons. The molecule has 9 heteroatoms. The second-order valence-corrected chi connectivity index (χ2v) is 4.11. The fourth-order valence-electron chi connectivity index (χ4n) is 1.62. The molecule has 0 saturated carbocycles. The van der Waals surface area contributed by atoms with E-state index >= 15 is 0 Å². The molecule has 0 spiro atoms. The van der Waals surface area contributed by atoms with Gasteiger partial charge >= 0.3 is 12.1 Å². The van der Waals surface area contributed by atoms with Gasteiger partial charge in [-0.1, -0.05) is 0 Å². The molecule has 0 saturated heterocycles.